The van der Waals surface area contributed by atoms with Gasteiger partial charge in [0.05, 0.1) is 12.0 Å². The minimum Gasteiger partial charge on any atom is -0.548 e. The molecule has 1 unspecified atom stereocenters. The number of carbonyl (C=O) groups is 1. The van der Waals surface area contributed by atoms with Crippen LogP contribution in [0.1, 0.15) is 43.5 Å². The average Bonchev–Trinajstić information content (AvgIpc) is 2.20. The smallest absolute Gasteiger partial charge is 0.121 e. The molecular weight excluding hydrogens is 230 g/mol. The van der Waals surface area contributed by atoms with Crippen molar-refractivity contribution in [1.82, 2.24) is 5.32 Å². The summed E-state index contributed by atoms with van der Waals surface area (Å²) in [6, 6.07) is 2.45. The zero-order chi connectivity index (χ0) is 14.1. The van der Waals surface area contributed by atoms with E-state index in [1.54, 1.807) is 26.0 Å². The lowest BCUT2D eigenvalue weighted by atomic mass is 9.97. The fraction of sp³-hybridized carbons (Fsp3) is 0.500. The van der Waals surface area contributed by atoms with Crippen molar-refractivity contribution < 1.29 is 15.0 Å². The highest BCUT2D eigenvalue weighted by Gasteiger charge is 2.21. The number of rotatable bonds is 3. The van der Waals surface area contributed by atoms with E-state index in [9.17, 15) is 15.0 Å². The third kappa shape index (κ3) is 3.47. The molecule has 0 amide bonds. The van der Waals surface area contributed by atoms with E-state index in [4.69, 9.17) is 0 Å². The van der Waals surface area contributed by atoms with Crippen LogP contribution >= 0.6 is 0 Å². The highest BCUT2D eigenvalue weighted by Crippen LogP contribution is 2.27. The molecule has 0 aliphatic rings. The number of carboxylic acids is 1. The first-order chi connectivity index (χ1) is 8.11. The molecule has 1 atom stereocenters. The number of carbonyl (C=O) groups excluding carboxylic acids is 1. The normalized spacial score (nSPS) is 13.4. The molecule has 1 aromatic rings. The summed E-state index contributed by atoms with van der Waals surface area (Å²) in [5.74, 6) is -0.971. The third-order valence-corrected chi connectivity index (χ3v) is 2.66. The molecule has 0 bridgehead atoms. The summed E-state index contributed by atoms with van der Waals surface area (Å²) in [6.45, 7) is 9.17. The molecule has 4 nitrogen and oxygen atoms in total. The molecule has 0 radical (unpaired) electrons. The number of aliphatic carboxylic acids is 1. The van der Waals surface area contributed by atoms with Crippen molar-refractivity contribution in [2.45, 2.75) is 46.2 Å². The number of hydrogen-bond donors (Lipinski definition) is 2. The maximum Gasteiger partial charge on any atom is 0.121 e. The number of nitrogens with one attached hydrogen (secondary N) is 1. The molecule has 0 spiro atoms. The number of aromatic hydroxyl groups is 1. The largest absolute Gasteiger partial charge is 0.548 e. The second-order valence-corrected chi connectivity index (χ2v) is 5.65. The van der Waals surface area contributed by atoms with Gasteiger partial charge in [-0.1, -0.05) is 12.1 Å². The lowest BCUT2D eigenvalue weighted by Gasteiger charge is -2.30. The SMILES string of the molecule is Cc1cc(C(NC(C)(C)C)C(=O)[O-])cc(C)c1O. The van der Waals surface area contributed by atoms with Crippen LogP contribution in [0.4, 0.5) is 0 Å². The van der Waals surface area contributed by atoms with Gasteiger partial charge >= 0.3 is 0 Å². The number of benzene rings is 1. The summed E-state index contributed by atoms with van der Waals surface area (Å²) in [7, 11) is 0. The van der Waals surface area contributed by atoms with E-state index < -0.39 is 12.0 Å². The lowest BCUT2D eigenvalue weighted by molar-refractivity contribution is -0.309. The minimum absolute atomic E-state index is 0.201. The van der Waals surface area contributed by atoms with Crippen molar-refractivity contribution >= 4 is 5.97 Å². The maximum absolute atomic E-state index is 11.2. The average molecular weight is 250 g/mol. The van der Waals surface area contributed by atoms with Crippen LogP contribution in [0.5, 0.6) is 5.75 Å². The fourth-order valence-electron chi connectivity index (χ4n) is 1.87. The van der Waals surface area contributed by atoms with Crippen LogP contribution in [-0.2, 0) is 4.79 Å². The molecule has 0 heterocycles. The van der Waals surface area contributed by atoms with E-state index in [2.05, 4.69) is 5.32 Å². The molecule has 100 valence electrons. The number of phenolic OH excluding ortho intramolecular Hbond substituents is 1. The summed E-state index contributed by atoms with van der Waals surface area (Å²) in [5.41, 5.74) is 1.57. The standard InChI is InChI=1S/C14H21NO3/c1-8-6-10(7-9(2)12(8)16)11(13(17)18)15-14(3,4)5/h6-7,11,15-16H,1-5H3,(H,17,18)/p-1. The van der Waals surface area contributed by atoms with Gasteiger partial charge in [0.2, 0.25) is 0 Å². The second-order valence-electron chi connectivity index (χ2n) is 5.65. The van der Waals surface area contributed by atoms with E-state index >= 15 is 0 Å². The van der Waals surface area contributed by atoms with Gasteiger partial charge in [0.15, 0.2) is 0 Å². The predicted molar refractivity (Wildman–Crippen MR) is 68.2 cm³/mol. The Hall–Kier alpha value is -1.55. The zero-order valence-electron chi connectivity index (χ0n) is 11.5. The van der Waals surface area contributed by atoms with Crippen molar-refractivity contribution in [2.75, 3.05) is 0 Å². The van der Waals surface area contributed by atoms with Crippen molar-refractivity contribution in [3.8, 4) is 5.75 Å². The van der Waals surface area contributed by atoms with Gasteiger partial charge in [-0.25, -0.2) is 0 Å². The van der Waals surface area contributed by atoms with Gasteiger partial charge in [0.25, 0.3) is 0 Å². The molecule has 0 fully saturated rings. The molecule has 2 N–H and O–H groups in total. The number of phenols is 1. The maximum atomic E-state index is 11.2. The molecule has 0 aliphatic carbocycles. The Morgan fingerprint density at radius 3 is 2.06 bits per heavy atom. The van der Waals surface area contributed by atoms with Crippen LogP contribution in [0.3, 0.4) is 0 Å². The summed E-state index contributed by atoms with van der Waals surface area (Å²) >= 11 is 0. The molecule has 0 aromatic heterocycles. The Kier molecular flexibility index (Phi) is 4.02. The highest BCUT2D eigenvalue weighted by atomic mass is 16.4. The van der Waals surface area contributed by atoms with Gasteiger partial charge in [0, 0.05) is 5.54 Å². The van der Waals surface area contributed by atoms with Crippen LogP contribution in [-0.4, -0.2) is 16.6 Å². The van der Waals surface area contributed by atoms with Gasteiger partial charge in [0.1, 0.15) is 5.75 Å². The summed E-state index contributed by atoms with van der Waals surface area (Å²) in [6.07, 6.45) is 0. The zero-order valence-corrected chi connectivity index (χ0v) is 11.5. The van der Waals surface area contributed by atoms with Crippen molar-refractivity contribution in [3.05, 3.63) is 28.8 Å². The number of aryl methyl sites for hydroxylation is 2. The second kappa shape index (κ2) is 4.98. The molecule has 0 saturated carbocycles. The minimum atomic E-state index is -1.17. The van der Waals surface area contributed by atoms with Crippen LogP contribution in [0, 0.1) is 13.8 Å². The monoisotopic (exact) mass is 250 g/mol. The quantitative estimate of drug-likeness (QED) is 0.845. The van der Waals surface area contributed by atoms with Crippen LogP contribution in [0.25, 0.3) is 0 Å². The van der Waals surface area contributed by atoms with Crippen molar-refractivity contribution in [2.24, 2.45) is 0 Å². The third-order valence-electron chi connectivity index (χ3n) is 2.66. The van der Waals surface area contributed by atoms with Crippen molar-refractivity contribution in [1.29, 1.82) is 0 Å². The molecule has 0 aliphatic heterocycles. The predicted octanol–water partition coefficient (Wildman–Crippen LogP) is 1.19. The Bertz CT molecular complexity index is 438. The van der Waals surface area contributed by atoms with Gasteiger partial charge in [-0.05, 0) is 51.3 Å². The molecule has 0 saturated heterocycles. The molecule has 4 heteroatoms. The van der Waals surface area contributed by atoms with E-state index in [1.807, 2.05) is 20.8 Å². The first kappa shape index (κ1) is 14.5. The molecule has 18 heavy (non-hydrogen) atoms. The van der Waals surface area contributed by atoms with Gasteiger partial charge < -0.3 is 20.3 Å². The van der Waals surface area contributed by atoms with E-state index in [0.717, 1.165) is 0 Å². The van der Waals surface area contributed by atoms with Gasteiger partial charge in [-0.3, -0.25) is 0 Å². The Morgan fingerprint density at radius 2 is 1.72 bits per heavy atom. The highest BCUT2D eigenvalue weighted by molar-refractivity contribution is 5.74. The molecule has 1 rings (SSSR count). The first-order valence-electron chi connectivity index (χ1n) is 5.90. The van der Waals surface area contributed by atoms with Crippen LogP contribution < -0.4 is 10.4 Å². The first-order valence-corrected chi connectivity index (χ1v) is 5.90. The number of carboxylic acid groups (broad SMARTS) is 1. The topological polar surface area (TPSA) is 72.4 Å². The summed E-state index contributed by atoms with van der Waals surface area (Å²) in [5, 5.41) is 24.0. The van der Waals surface area contributed by atoms with E-state index in [0.29, 0.717) is 16.7 Å². The summed E-state index contributed by atoms with van der Waals surface area (Å²) in [4.78, 5) is 11.2. The Morgan fingerprint density at radius 1 is 1.28 bits per heavy atom. The molecular formula is C14H20NO3-. The van der Waals surface area contributed by atoms with Gasteiger partial charge in [-0.2, -0.15) is 0 Å². The van der Waals surface area contributed by atoms with Crippen LogP contribution in [0.15, 0.2) is 12.1 Å². The lowest BCUT2D eigenvalue weighted by Crippen LogP contribution is -2.46. The number of hydrogen-bond acceptors (Lipinski definition) is 4. The van der Waals surface area contributed by atoms with E-state index in [1.165, 1.54) is 0 Å². The fourth-order valence-corrected chi connectivity index (χ4v) is 1.87. The van der Waals surface area contributed by atoms with Crippen molar-refractivity contribution in [3.63, 3.8) is 0 Å². The van der Waals surface area contributed by atoms with E-state index in [-0.39, 0.29) is 11.3 Å². The Labute approximate surface area is 108 Å². The Balaban J connectivity index is 3.19. The van der Waals surface area contributed by atoms with Crippen LogP contribution in [0.2, 0.25) is 0 Å². The summed E-state index contributed by atoms with van der Waals surface area (Å²) < 4.78 is 0. The molecule has 1 aromatic carbocycles. The van der Waals surface area contributed by atoms with Gasteiger partial charge in [-0.15, -0.1) is 0 Å².